The zero-order chi connectivity index (χ0) is 15.7. The molecule has 7 heteroatoms. The predicted molar refractivity (Wildman–Crippen MR) is 80.6 cm³/mol. The van der Waals surface area contributed by atoms with Crippen molar-refractivity contribution in [2.45, 2.75) is 69.9 Å². The number of sulfonamides is 1. The minimum Gasteiger partial charge on any atom is -0.396 e. The van der Waals surface area contributed by atoms with Crippen molar-refractivity contribution in [3.05, 3.63) is 11.4 Å². The van der Waals surface area contributed by atoms with Crippen molar-refractivity contribution >= 4 is 10.0 Å². The summed E-state index contributed by atoms with van der Waals surface area (Å²) >= 11 is 0. The molecule has 0 unspecified atom stereocenters. The Balaban J connectivity index is 2.29. The number of aryl methyl sites for hydroxylation is 2. The van der Waals surface area contributed by atoms with Crippen LogP contribution in [0, 0.1) is 13.8 Å². The van der Waals surface area contributed by atoms with Crippen molar-refractivity contribution in [3.63, 3.8) is 0 Å². The molecular formula is C14H25N3O3S. The maximum atomic E-state index is 12.7. The Morgan fingerprint density at radius 1 is 1.38 bits per heavy atom. The number of aliphatic hydroxyl groups is 1. The number of rotatable bonds is 7. The summed E-state index contributed by atoms with van der Waals surface area (Å²) in [5, 5.41) is 13.2. The van der Waals surface area contributed by atoms with Gasteiger partial charge in [0, 0.05) is 18.7 Å². The van der Waals surface area contributed by atoms with Gasteiger partial charge in [0.1, 0.15) is 4.90 Å². The van der Waals surface area contributed by atoms with Crippen LogP contribution in [-0.2, 0) is 16.6 Å². The summed E-state index contributed by atoms with van der Waals surface area (Å²) in [6.45, 7) is 6.10. The highest BCUT2D eigenvalue weighted by atomic mass is 32.2. The second kappa shape index (κ2) is 6.06. The van der Waals surface area contributed by atoms with Crippen LogP contribution in [-0.4, -0.2) is 35.5 Å². The van der Waals surface area contributed by atoms with Crippen LogP contribution in [0.3, 0.4) is 0 Å². The molecule has 0 amide bonds. The minimum atomic E-state index is -3.55. The first-order valence-corrected chi connectivity index (χ1v) is 9.02. The lowest BCUT2D eigenvalue weighted by molar-refractivity contribution is 0.214. The first-order chi connectivity index (χ1) is 9.85. The number of hydrogen-bond acceptors (Lipinski definition) is 4. The van der Waals surface area contributed by atoms with E-state index >= 15 is 0 Å². The van der Waals surface area contributed by atoms with Gasteiger partial charge in [0.15, 0.2) is 0 Å². The second-order valence-corrected chi connectivity index (χ2v) is 7.51. The van der Waals surface area contributed by atoms with Gasteiger partial charge in [-0.1, -0.05) is 6.92 Å². The molecule has 1 aromatic rings. The van der Waals surface area contributed by atoms with E-state index in [-0.39, 0.29) is 12.1 Å². The predicted octanol–water partition coefficient (Wildman–Crippen LogP) is 1.49. The van der Waals surface area contributed by atoms with Crippen LogP contribution in [0.1, 0.15) is 50.4 Å². The highest BCUT2D eigenvalue weighted by molar-refractivity contribution is 7.89. The van der Waals surface area contributed by atoms with E-state index in [4.69, 9.17) is 5.11 Å². The topological polar surface area (TPSA) is 84.2 Å². The van der Waals surface area contributed by atoms with Crippen LogP contribution >= 0.6 is 0 Å². The maximum absolute atomic E-state index is 12.7. The number of aliphatic hydroxyl groups excluding tert-OH is 1. The fourth-order valence-electron chi connectivity index (χ4n) is 2.97. The molecule has 2 N–H and O–H groups in total. The summed E-state index contributed by atoms with van der Waals surface area (Å²) in [6, 6.07) is 0. The first-order valence-electron chi connectivity index (χ1n) is 7.54. The van der Waals surface area contributed by atoms with Gasteiger partial charge in [-0.25, -0.2) is 13.1 Å². The van der Waals surface area contributed by atoms with Crippen LogP contribution in [0.5, 0.6) is 0 Å². The smallest absolute Gasteiger partial charge is 0.244 e. The number of hydrogen-bond donors (Lipinski definition) is 2. The number of aromatic nitrogens is 2. The minimum absolute atomic E-state index is 0.0671. The molecule has 6 nitrogen and oxygen atoms in total. The van der Waals surface area contributed by atoms with E-state index < -0.39 is 10.0 Å². The molecule has 0 atom stereocenters. The van der Waals surface area contributed by atoms with E-state index in [2.05, 4.69) is 9.82 Å². The van der Waals surface area contributed by atoms with E-state index in [1.54, 1.807) is 18.5 Å². The Hall–Kier alpha value is -0.920. The van der Waals surface area contributed by atoms with Crippen LogP contribution < -0.4 is 4.72 Å². The van der Waals surface area contributed by atoms with Crippen LogP contribution in [0.2, 0.25) is 0 Å². The molecule has 0 aromatic carbocycles. The standard InChI is InChI=1S/C14H25N3O3S/c1-4-14(7-5-8-14)16-21(19,20)13-11(2)15-17(12(13)3)9-6-10-18/h16,18H,4-10H2,1-3H3. The summed E-state index contributed by atoms with van der Waals surface area (Å²) in [4.78, 5) is 0.292. The largest absolute Gasteiger partial charge is 0.396 e. The lowest BCUT2D eigenvalue weighted by atomic mass is 9.76. The monoisotopic (exact) mass is 315 g/mol. The quantitative estimate of drug-likeness (QED) is 0.798. The first kappa shape index (κ1) is 16.5. The molecular weight excluding hydrogens is 290 g/mol. The molecule has 120 valence electrons. The van der Waals surface area contributed by atoms with Gasteiger partial charge in [-0.2, -0.15) is 5.10 Å². The lowest BCUT2D eigenvalue weighted by Crippen LogP contribution is -2.52. The summed E-state index contributed by atoms with van der Waals surface area (Å²) in [5.74, 6) is 0. The molecule has 1 fully saturated rings. The molecule has 0 spiro atoms. The SMILES string of the molecule is CCC1(NS(=O)(=O)c2c(C)nn(CCCO)c2C)CCC1. The fourth-order valence-corrected chi connectivity index (χ4v) is 4.92. The average molecular weight is 315 g/mol. The van der Waals surface area contributed by atoms with Crippen molar-refractivity contribution in [2.75, 3.05) is 6.61 Å². The lowest BCUT2D eigenvalue weighted by Gasteiger charge is -2.41. The van der Waals surface area contributed by atoms with Gasteiger partial charge in [-0.05, 0) is 46.0 Å². The molecule has 0 radical (unpaired) electrons. The van der Waals surface area contributed by atoms with Crippen molar-refractivity contribution in [3.8, 4) is 0 Å². The molecule has 0 saturated heterocycles. The van der Waals surface area contributed by atoms with E-state index in [0.29, 0.717) is 29.2 Å². The van der Waals surface area contributed by atoms with Crippen LogP contribution in [0.4, 0.5) is 0 Å². The highest BCUT2D eigenvalue weighted by Gasteiger charge is 2.40. The molecule has 1 heterocycles. The molecule has 0 aliphatic heterocycles. The van der Waals surface area contributed by atoms with E-state index in [1.165, 1.54) is 0 Å². The third kappa shape index (κ3) is 3.14. The summed E-state index contributed by atoms with van der Waals surface area (Å²) in [6.07, 6.45) is 4.25. The zero-order valence-electron chi connectivity index (χ0n) is 13.0. The van der Waals surface area contributed by atoms with E-state index in [1.807, 2.05) is 6.92 Å². The molecule has 1 aromatic heterocycles. The number of nitrogens with one attached hydrogen (secondary N) is 1. The Kier molecular flexibility index (Phi) is 4.75. The highest BCUT2D eigenvalue weighted by Crippen LogP contribution is 2.36. The third-order valence-corrected chi connectivity index (χ3v) is 6.28. The van der Waals surface area contributed by atoms with Gasteiger partial charge in [0.2, 0.25) is 10.0 Å². The summed E-state index contributed by atoms with van der Waals surface area (Å²) < 4.78 is 30.0. The van der Waals surface area contributed by atoms with Crippen molar-refractivity contribution in [1.29, 1.82) is 0 Å². The molecule has 1 aliphatic carbocycles. The molecule has 1 saturated carbocycles. The maximum Gasteiger partial charge on any atom is 0.244 e. The Bertz CT molecular complexity index is 598. The van der Waals surface area contributed by atoms with Gasteiger partial charge >= 0.3 is 0 Å². The van der Waals surface area contributed by atoms with Gasteiger partial charge in [0.25, 0.3) is 0 Å². The average Bonchev–Trinajstić information content (AvgIpc) is 2.67. The molecule has 0 bridgehead atoms. The Labute approximate surface area is 126 Å². The fraction of sp³-hybridized carbons (Fsp3) is 0.786. The van der Waals surface area contributed by atoms with Crippen molar-refractivity contribution < 1.29 is 13.5 Å². The van der Waals surface area contributed by atoms with E-state index in [9.17, 15) is 8.42 Å². The zero-order valence-corrected chi connectivity index (χ0v) is 13.8. The van der Waals surface area contributed by atoms with Crippen molar-refractivity contribution in [1.82, 2.24) is 14.5 Å². The third-order valence-electron chi connectivity index (χ3n) is 4.45. The molecule has 2 rings (SSSR count). The Morgan fingerprint density at radius 3 is 2.52 bits per heavy atom. The normalized spacial score (nSPS) is 17.7. The van der Waals surface area contributed by atoms with Gasteiger partial charge in [0.05, 0.1) is 11.4 Å². The summed E-state index contributed by atoms with van der Waals surface area (Å²) in [5.41, 5.74) is 0.882. The van der Waals surface area contributed by atoms with Gasteiger partial charge in [-0.15, -0.1) is 0 Å². The van der Waals surface area contributed by atoms with Crippen LogP contribution in [0.15, 0.2) is 4.90 Å². The van der Waals surface area contributed by atoms with E-state index in [0.717, 1.165) is 25.7 Å². The summed E-state index contributed by atoms with van der Waals surface area (Å²) in [7, 11) is -3.55. The number of nitrogens with zero attached hydrogens (tertiary/aromatic N) is 2. The Morgan fingerprint density at radius 2 is 2.05 bits per heavy atom. The van der Waals surface area contributed by atoms with Crippen molar-refractivity contribution in [2.24, 2.45) is 0 Å². The van der Waals surface area contributed by atoms with Gasteiger partial charge in [-0.3, -0.25) is 4.68 Å². The second-order valence-electron chi connectivity index (χ2n) is 5.89. The molecule has 1 aliphatic rings. The molecule has 21 heavy (non-hydrogen) atoms. The van der Waals surface area contributed by atoms with Gasteiger partial charge < -0.3 is 5.11 Å². The van der Waals surface area contributed by atoms with Crippen LogP contribution in [0.25, 0.3) is 0 Å².